The summed E-state index contributed by atoms with van der Waals surface area (Å²) >= 11 is 5.95. The second kappa shape index (κ2) is 8.17. The molecule has 0 heterocycles. The molecule has 19 heavy (non-hydrogen) atoms. The molecule has 0 radical (unpaired) electrons. The number of rotatable bonds is 7. The summed E-state index contributed by atoms with van der Waals surface area (Å²) in [4.78, 5) is 11.7. The predicted molar refractivity (Wildman–Crippen MR) is 81.9 cm³/mol. The number of unbranched alkanes of at least 4 members (excludes halogenated alkanes) is 1. The number of nitrogens with two attached hydrogens (primary N) is 1. The summed E-state index contributed by atoms with van der Waals surface area (Å²) in [5.41, 5.74) is 6.64. The van der Waals surface area contributed by atoms with E-state index < -0.39 is 10.8 Å². The maximum atomic E-state index is 11.7. The maximum absolute atomic E-state index is 11.7. The van der Waals surface area contributed by atoms with Gasteiger partial charge in [0.05, 0.1) is 10.7 Å². The predicted octanol–water partition coefficient (Wildman–Crippen LogP) is 2.80. The molecule has 0 spiro atoms. The van der Waals surface area contributed by atoms with Crippen LogP contribution in [-0.2, 0) is 15.6 Å². The SMILES string of the molecule is CCCCS(=O)CCC(=O)Nc1ccc(N)cc1Cl. The van der Waals surface area contributed by atoms with E-state index in [2.05, 4.69) is 5.32 Å². The number of anilines is 2. The molecule has 0 aliphatic rings. The summed E-state index contributed by atoms with van der Waals surface area (Å²) in [6.45, 7) is 2.05. The van der Waals surface area contributed by atoms with Gasteiger partial charge in [0.1, 0.15) is 0 Å². The van der Waals surface area contributed by atoms with Crippen LogP contribution in [0.5, 0.6) is 0 Å². The molecule has 106 valence electrons. The van der Waals surface area contributed by atoms with Gasteiger partial charge in [-0.3, -0.25) is 9.00 Å². The van der Waals surface area contributed by atoms with E-state index in [4.69, 9.17) is 17.3 Å². The Bertz CT molecular complexity index is 466. The zero-order valence-electron chi connectivity index (χ0n) is 10.9. The van der Waals surface area contributed by atoms with E-state index >= 15 is 0 Å². The molecule has 0 saturated carbocycles. The number of nitrogens with one attached hydrogen (secondary N) is 1. The van der Waals surface area contributed by atoms with E-state index in [1.54, 1.807) is 18.2 Å². The van der Waals surface area contributed by atoms with Gasteiger partial charge in [0.15, 0.2) is 0 Å². The van der Waals surface area contributed by atoms with Crippen LogP contribution in [0.1, 0.15) is 26.2 Å². The van der Waals surface area contributed by atoms with Crippen molar-refractivity contribution in [2.45, 2.75) is 26.2 Å². The third-order valence-electron chi connectivity index (χ3n) is 2.55. The first kappa shape index (κ1) is 16.0. The van der Waals surface area contributed by atoms with E-state index in [1.807, 2.05) is 6.92 Å². The van der Waals surface area contributed by atoms with Crippen LogP contribution in [0.2, 0.25) is 5.02 Å². The lowest BCUT2D eigenvalue weighted by molar-refractivity contribution is -0.115. The molecule has 1 rings (SSSR count). The lowest BCUT2D eigenvalue weighted by atomic mass is 10.3. The van der Waals surface area contributed by atoms with E-state index in [-0.39, 0.29) is 12.3 Å². The first-order valence-corrected chi connectivity index (χ1v) is 8.09. The average molecular weight is 303 g/mol. The second-order valence-corrected chi connectivity index (χ2v) is 6.34. The molecule has 0 aliphatic carbocycles. The Labute approximate surface area is 121 Å². The highest BCUT2D eigenvalue weighted by Gasteiger charge is 2.08. The number of hydrogen-bond acceptors (Lipinski definition) is 3. The van der Waals surface area contributed by atoms with Gasteiger partial charge in [-0.25, -0.2) is 0 Å². The third-order valence-corrected chi connectivity index (χ3v) is 4.27. The van der Waals surface area contributed by atoms with Crippen LogP contribution in [-0.4, -0.2) is 21.6 Å². The van der Waals surface area contributed by atoms with Gasteiger partial charge in [-0.15, -0.1) is 0 Å². The Hall–Kier alpha value is -1.07. The first-order valence-electron chi connectivity index (χ1n) is 6.22. The van der Waals surface area contributed by atoms with Gasteiger partial charge >= 0.3 is 0 Å². The van der Waals surface area contributed by atoms with Gasteiger partial charge in [0, 0.05) is 34.4 Å². The lowest BCUT2D eigenvalue weighted by Gasteiger charge is -2.07. The van der Waals surface area contributed by atoms with Crippen molar-refractivity contribution in [3.63, 3.8) is 0 Å². The zero-order valence-corrected chi connectivity index (χ0v) is 12.5. The third kappa shape index (κ3) is 6.07. The van der Waals surface area contributed by atoms with E-state index in [0.717, 1.165) is 12.8 Å². The van der Waals surface area contributed by atoms with Crippen molar-refractivity contribution in [2.24, 2.45) is 0 Å². The van der Waals surface area contributed by atoms with Gasteiger partial charge in [-0.05, 0) is 24.6 Å². The van der Waals surface area contributed by atoms with Crippen LogP contribution in [0.3, 0.4) is 0 Å². The lowest BCUT2D eigenvalue weighted by Crippen LogP contribution is -2.16. The number of benzene rings is 1. The molecule has 1 unspecified atom stereocenters. The van der Waals surface area contributed by atoms with Crippen LogP contribution < -0.4 is 11.1 Å². The minimum Gasteiger partial charge on any atom is -0.399 e. The largest absolute Gasteiger partial charge is 0.399 e. The summed E-state index contributed by atoms with van der Waals surface area (Å²) in [5, 5.41) is 3.09. The van der Waals surface area contributed by atoms with Crippen LogP contribution >= 0.6 is 11.6 Å². The fourth-order valence-corrected chi connectivity index (χ4v) is 2.92. The van der Waals surface area contributed by atoms with Gasteiger partial charge in [0.2, 0.25) is 5.91 Å². The number of nitrogen functional groups attached to an aromatic ring is 1. The summed E-state index contributed by atoms with van der Waals surface area (Å²) in [5.74, 6) is 0.863. The van der Waals surface area contributed by atoms with E-state index in [9.17, 15) is 9.00 Å². The molecule has 3 N–H and O–H groups in total. The fraction of sp³-hybridized carbons (Fsp3) is 0.462. The minimum atomic E-state index is -0.921. The highest BCUT2D eigenvalue weighted by atomic mass is 35.5. The summed E-state index contributed by atoms with van der Waals surface area (Å²) in [6.07, 6.45) is 2.17. The Kier molecular flexibility index (Phi) is 6.87. The molecular weight excluding hydrogens is 284 g/mol. The number of amides is 1. The first-order chi connectivity index (χ1) is 9.02. The quantitative estimate of drug-likeness (QED) is 0.761. The molecule has 6 heteroatoms. The summed E-state index contributed by atoms with van der Waals surface area (Å²) < 4.78 is 11.6. The topological polar surface area (TPSA) is 72.2 Å². The molecular formula is C13H19ClN2O2S. The molecule has 1 amide bonds. The fourth-order valence-electron chi connectivity index (χ4n) is 1.46. The molecule has 1 atom stereocenters. The van der Waals surface area contributed by atoms with Gasteiger partial charge in [-0.2, -0.15) is 0 Å². The molecule has 0 fully saturated rings. The Balaban J connectivity index is 2.41. The summed E-state index contributed by atoms with van der Waals surface area (Å²) in [6, 6.07) is 4.90. The average Bonchev–Trinajstić information content (AvgIpc) is 2.37. The Morgan fingerprint density at radius 2 is 2.16 bits per heavy atom. The molecule has 1 aromatic rings. The van der Waals surface area contributed by atoms with Crippen molar-refractivity contribution >= 4 is 39.7 Å². The van der Waals surface area contributed by atoms with Gasteiger partial charge in [-0.1, -0.05) is 24.9 Å². The Morgan fingerprint density at radius 1 is 1.42 bits per heavy atom. The highest BCUT2D eigenvalue weighted by molar-refractivity contribution is 7.84. The molecule has 0 bridgehead atoms. The number of hydrogen-bond donors (Lipinski definition) is 2. The minimum absolute atomic E-state index is 0.184. The van der Waals surface area contributed by atoms with Gasteiger partial charge in [0.25, 0.3) is 0 Å². The molecule has 1 aromatic carbocycles. The molecule has 4 nitrogen and oxygen atoms in total. The second-order valence-electron chi connectivity index (χ2n) is 4.24. The van der Waals surface area contributed by atoms with Crippen LogP contribution in [0.25, 0.3) is 0 Å². The number of carbonyl (C=O) groups excluding carboxylic acids is 1. The smallest absolute Gasteiger partial charge is 0.225 e. The molecule has 0 saturated heterocycles. The van der Waals surface area contributed by atoms with Crippen molar-refractivity contribution in [1.29, 1.82) is 0 Å². The normalized spacial score (nSPS) is 12.1. The highest BCUT2D eigenvalue weighted by Crippen LogP contribution is 2.24. The maximum Gasteiger partial charge on any atom is 0.225 e. The number of carbonyl (C=O) groups is 1. The van der Waals surface area contributed by atoms with Crippen molar-refractivity contribution in [2.75, 3.05) is 22.6 Å². The Morgan fingerprint density at radius 3 is 2.79 bits per heavy atom. The van der Waals surface area contributed by atoms with Crippen LogP contribution in [0, 0.1) is 0 Å². The van der Waals surface area contributed by atoms with E-state index in [1.165, 1.54) is 0 Å². The standard InChI is InChI=1S/C13H19ClN2O2S/c1-2-3-7-19(18)8-6-13(17)16-12-5-4-10(15)9-11(12)14/h4-5,9H,2-3,6-8,15H2,1H3,(H,16,17). The van der Waals surface area contributed by atoms with Crippen molar-refractivity contribution < 1.29 is 9.00 Å². The molecule has 0 aromatic heterocycles. The van der Waals surface area contributed by atoms with Crippen LogP contribution in [0.4, 0.5) is 11.4 Å². The number of halogens is 1. The monoisotopic (exact) mass is 302 g/mol. The van der Waals surface area contributed by atoms with Gasteiger partial charge < -0.3 is 11.1 Å². The van der Waals surface area contributed by atoms with E-state index in [0.29, 0.717) is 27.9 Å². The van der Waals surface area contributed by atoms with Crippen molar-refractivity contribution in [1.82, 2.24) is 0 Å². The van der Waals surface area contributed by atoms with Crippen molar-refractivity contribution in [3.05, 3.63) is 23.2 Å². The van der Waals surface area contributed by atoms with Crippen molar-refractivity contribution in [3.8, 4) is 0 Å². The summed E-state index contributed by atoms with van der Waals surface area (Å²) in [7, 11) is -0.921. The molecule has 0 aliphatic heterocycles. The van der Waals surface area contributed by atoms with Crippen LogP contribution in [0.15, 0.2) is 18.2 Å². The zero-order chi connectivity index (χ0) is 14.3.